The van der Waals surface area contributed by atoms with Crippen LogP contribution in [-0.2, 0) is 9.53 Å². The molecule has 0 aromatic carbocycles. The molecule has 1 amide bonds. The van der Waals surface area contributed by atoms with Gasteiger partial charge >= 0.3 is 0 Å². The van der Waals surface area contributed by atoms with Crippen LogP contribution in [0.15, 0.2) is 0 Å². The second-order valence-corrected chi connectivity index (χ2v) is 6.80. The van der Waals surface area contributed by atoms with Gasteiger partial charge in [0.15, 0.2) is 0 Å². The first-order valence-electron chi connectivity index (χ1n) is 7.61. The molecule has 0 saturated carbocycles. The van der Waals surface area contributed by atoms with Gasteiger partial charge in [0.1, 0.15) is 6.61 Å². The van der Waals surface area contributed by atoms with Gasteiger partial charge in [0.25, 0.3) is 0 Å². The largest absolute Gasteiger partial charge is 0.366 e. The SMILES string of the molecule is CC(C)(C)OCC(=O)N1CCCC1C1CCCNC1. The normalized spacial score (nSPS) is 28.7. The molecule has 0 aromatic heterocycles. The molecular weight excluding hydrogens is 240 g/mol. The van der Waals surface area contributed by atoms with Crippen LogP contribution in [0.5, 0.6) is 0 Å². The van der Waals surface area contributed by atoms with E-state index in [0.29, 0.717) is 12.0 Å². The maximum Gasteiger partial charge on any atom is 0.248 e. The van der Waals surface area contributed by atoms with E-state index in [1.165, 1.54) is 12.8 Å². The molecule has 0 radical (unpaired) electrons. The number of carbonyl (C=O) groups excluding carboxylic acids is 1. The Balaban J connectivity index is 1.88. The van der Waals surface area contributed by atoms with Crippen molar-refractivity contribution in [1.82, 2.24) is 10.2 Å². The van der Waals surface area contributed by atoms with Crippen molar-refractivity contribution in [3.63, 3.8) is 0 Å². The number of amides is 1. The predicted molar refractivity (Wildman–Crippen MR) is 76.0 cm³/mol. The van der Waals surface area contributed by atoms with Gasteiger partial charge in [0, 0.05) is 12.6 Å². The lowest BCUT2D eigenvalue weighted by Crippen LogP contribution is -2.47. The minimum Gasteiger partial charge on any atom is -0.366 e. The number of nitrogens with one attached hydrogen (secondary N) is 1. The Morgan fingerprint density at radius 2 is 2.11 bits per heavy atom. The van der Waals surface area contributed by atoms with E-state index >= 15 is 0 Å². The number of hydrogen-bond acceptors (Lipinski definition) is 3. The fourth-order valence-electron chi connectivity index (χ4n) is 3.16. The molecule has 2 atom stereocenters. The smallest absolute Gasteiger partial charge is 0.248 e. The average molecular weight is 268 g/mol. The Labute approximate surface area is 116 Å². The Morgan fingerprint density at radius 3 is 2.74 bits per heavy atom. The van der Waals surface area contributed by atoms with Crippen LogP contribution in [0.3, 0.4) is 0 Å². The van der Waals surface area contributed by atoms with E-state index in [1.807, 2.05) is 20.8 Å². The highest BCUT2D eigenvalue weighted by Gasteiger charge is 2.35. The number of rotatable bonds is 3. The molecule has 2 fully saturated rings. The standard InChI is InChI=1S/C15H28N2O2/c1-15(2,3)19-11-14(18)17-9-5-7-13(17)12-6-4-8-16-10-12/h12-13,16H,4-11H2,1-3H3. The number of nitrogens with zero attached hydrogens (tertiary/aromatic N) is 1. The molecule has 2 unspecified atom stereocenters. The van der Waals surface area contributed by atoms with Crippen molar-refractivity contribution in [2.24, 2.45) is 5.92 Å². The predicted octanol–water partition coefficient (Wildman–Crippen LogP) is 1.79. The summed E-state index contributed by atoms with van der Waals surface area (Å²) in [6.07, 6.45) is 4.79. The first-order chi connectivity index (χ1) is 8.97. The fraction of sp³-hybridized carbons (Fsp3) is 0.933. The second-order valence-electron chi connectivity index (χ2n) is 6.80. The van der Waals surface area contributed by atoms with Gasteiger partial charge in [0.05, 0.1) is 5.60 Å². The lowest BCUT2D eigenvalue weighted by molar-refractivity contribution is -0.142. The molecule has 2 saturated heterocycles. The van der Waals surface area contributed by atoms with E-state index < -0.39 is 0 Å². The van der Waals surface area contributed by atoms with Crippen LogP contribution in [0.2, 0.25) is 0 Å². The number of carbonyl (C=O) groups is 1. The molecule has 0 bridgehead atoms. The minimum atomic E-state index is -0.239. The van der Waals surface area contributed by atoms with Gasteiger partial charge in [-0.25, -0.2) is 0 Å². The third-order valence-corrected chi connectivity index (χ3v) is 4.13. The summed E-state index contributed by atoms with van der Waals surface area (Å²) in [6.45, 7) is 9.30. The molecular formula is C15H28N2O2. The fourth-order valence-corrected chi connectivity index (χ4v) is 3.16. The third-order valence-electron chi connectivity index (χ3n) is 4.13. The van der Waals surface area contributed by atoms with E-state index in [0.717, 1.165) is 32.5 Å². The molecule has 4 nitrogen and oxygen atoms in total. The van der Waals surface area contributed by atoms with Crippen LogP contribution < -0.4 is 5.32 Å². The number of hydrogen-bond donors (Lipinski definition) is 1. The lowest BCUT2D eigenvalue weighted by atomic mass is 9.90. The van der Waals surface area contributed by atoms with Crippen molar-refractivity contribution in [2.75, 3.05) is 26.2 Å². The molecule has 4 heteroatoms. The van der Waals surface area contributed by atoms with Crippen LogP contribution in [0.4, 0.5) is 0 Å². The molecule has 19 heavy (non-hydrogen) atoms. The quantitative estimate of drug-likeness (QED) is 0.848. The summed E-state index contributed by atoms with van der Waals surface area (Å²) < 4.78 is 5.63. The monoisotopic (exact) mass is 268 g/mol. The number of ether oxygens (including phenoxy) is 1. The van der Waals surface area contributed by atoms with Crippen LogP contribution in [-0.4, -0.2) is 48.7 Å². The molecule has 0 aliphatic carbocycles. The Kier molecular flexibility index (Phi) is 4.85. The number of likely N-dealkylation sites (tertiary alicyclic amines) is 1. The van der Waals surface area contributed by atoms with Crippen molar-refractivity contribution in [3.8, 4) is 0 Å². The molecule has 2 heterocycles. The van der Waals surface area contributed by atoms with Crippen molar-refractivity contribution in [1.29, 1.82) is 0 Å². The van der Waals surface area contributed by atoms with Gasteiger partial charge < -0.3 is 15.0 Å². The third kappa shape index (κ3) is 4.18. The van der Waals surface area contributed by atoms with Crippen molar-refractivity contribution >= 4 is 5.91 Å². The Morgan fingerprint density at radius 1 is 1.32 bits per heavy atom. The highest BCUT2D eigenvalue weighted by atomic mass is 16.5. The second kappa shape index (κ2) is 6.23. The lowest BCUT2D eigenvalue weighted by Gasteiger charge is -2.34. The first kappa shape index (κ1) is 14.8. The maximum atomic E-state index is 12.3. The van der Waals surface area contributed by atoms with Crippen LogP contribution in [0.25, 0.3) is 0 Å². The van der Waals surface area contributed by atoms with E-state index in [-0.39, 0.29) is 18.1 Å². The summed E-state index contributed by atoms with van der Waals surface area (Å²) in [6, 6.07) is 0.434. The van der Waals surface area contributed by atoms with E-state index in [9.17, 15) is 4.79 Å². The maximum absolute atomic E-state index is 12.3. The van der Waals surface area contributed by atoms with Crippen LogP contribution >= 0.6 is 0 Å². The summed E-state index contributed by atoms with van der Waals surface area (Å²) in [5.74, 6) is 0.804. The van der Waals surface area contributed by atoms with Crippen molar-refractivity contribution < 1.29 is 9.53 Å². The van der Waals surface area contributed by atoms with E-state index in [4.69, 9.17) is 4.74 Å². The summed E-state index contributed by atoms with van der Waals surface area (Å²) >= 11 is 0. The van der Waals surface area contributed by atoms with Crippen LogP contribution in [0, 0.1) is 5.92 Å². The van der Waals surface area contributed by atoms with Gasteiger partial charge in [-0.3, -0.25) is 4.79 Å². The zero-order valence-corrected chi connectivity index (χ0v) is 12.6. The molecule has 0 spiro atoms. The van der Waals surface area contributed by atoms with Gasteiger partial charge in [0.2, 0.25) is 5.91 Å². The minimum absolute atomic E-state index is 0.169. The zero-order valence-electron chi connectivity index (χ0n) is 12.6. The molecule has 0 aromatic rings. The molecule has 2 rings (SSSR count). The van der Waals surface area contributed by atoms with Crippen molar-refractivity contribution in [3.05, 3.63) is 0 Å². The molecule has 2 aliphatic heterocycles. The summed E-state index contributed by atoms with van der Waals surface area (Å²) in [4.78, 5) is 14.4. The van der Waals surface area contributed by atoms with Crippen LogP contribution in [0.1, 0.15) is 46.5 Å². The van der Waals surface area contributed by atoms with Crippen molar-refractivity contribution in [2.45, 2.75) is 58.1 Å². The topological polar surface area (TPSA) is 41.6 Å². The summed E-state index contributed by atoms with van der Waals surface area (Å²) in [7, 11) is 0. The Bertz CT molecular complexity index is 306. The molecule has 2 aliphatic rings. The highest BCUT2D eigenvalue weighted by molar-refractivity contribution is 5.78. The van der Waals surface area contributed by atoms with Gasteiger partial charge in [-0.1, -0.05) is 0 Å². The Hall–Kier alpha value is -0.610. The molecule has 1 N–H and O–H groups in total. The van der Waals surface area contributed by atoms with E-state index in [2.05, 4.69) is 10.2 Å². The average Bonchev–Trinajstić information content (AvgIpc) is 2.85. The van der Waals surface area contributed by atoms with Gasteiger partial charge in [-0.2, -0.15) is 0 Å². The summed E-state index contributed by atoms with van der Waals surface area (Å²) in [5.41, 5.74) is -0.239. The zero-order chi connectivity index (χ0) is 13.9. The van der Waals surface area contributed by atoms with Gasteiger partial charge in [-0.15, -0.1) is 0 Å². The highest BCUT2D eigenvalue weighted by Crippen LogP contribution is 2.28. The van der Waals surface area contributed by atoms with E-state index in [1.54, 1.807) is 0 Å². The molecule has 110 valence electrons. The summed E-state index contributed by atoms with van der Waals surface area (Å²) in [5, 5.41) is 3.46. The first-order valence-corrected chi connectivity index (χ1v) is 7.61. The number of piperidine rings is 1. The van der Waals surface area contributed by atoms with Gasteiger partial charge in [-0.05, 0) is 65.5 Å².